The lowest BCUT2D eigenvalue weighted by Crippen LogP contribution is -2.38. The molecule has 0 saturated heterocycles. The molecule has 0 aromatic carbocycles. The maximum atomic E-state index is 12.0. The summed E-state index contributed by atoms with van der Waals surface area (Å²) in [4.78, 5) is 16.3. The monoisotopic (exact) mass is 273 g/mol. The molecule has 0 saturated carbocycles. The molecule has 0 fully saturated rings. The first-order valence-corrected chi connectivity index (χ1v) is 7.17. The summed E-state index contributed by atoms with van der Waals surface area (Å²) in [7, 11) is 1.41. The van der Waals surface area contributed by atoms with E-state index in [2.05, 4.69) is 30.8 Å². The molecule has 2 rings (SSSR count). The van der Waals surface area contributed by atoms with E-state index in [1.807, 2.05) is 13.0 Å². The number of carbonyl (C=O) groups is 1. The zero-order valence-corrected chi connectivity index (χ0v) is 12.6. The Kier molecular flexibility index (Phi) is 4.26. The van der Waals surface area contributed by atoms with Crippen LogP contribution in [0.1, 0.15) is 39.5 Å². The van der Waals surface area contributed by atoms with Crippen LogP contribution < -0.4 is 0 Å². The number of aliphatic imine (C=N–C) groups is 1. The van der Waals surface area contributed by atoms with Crippen molar-refractivity contribution >= 4 is 12.7 Å². The average Bonchev–Trinajstić information content (AvgIpc) is 2.46. The van der Waals surface area contributed by atoms with Crippen LogP contribution in [0.15, 0.2) is 39.9 Å². The predicted octanol–water partition coefficient (Wildman–Crippen LogP) is 3.62. The number of allylic oxidation sites excluding steroid dienone is 3. The second-order valence-electron chi connectivity index (χ2n) is 5.82. The van der Waals surface area contributed by atoms with Gasteiger partial charge in [0, 0.05) is 5.41 Å². The minimum absolute atomic E-state index is 0.259. The molecule has 0 spiro atoms. The highest BCUT2D eigenvalue weighted by molar-refractivity contribution is 5.91. The van der Waals surface area contributed by atoms with Crippen LogP contribution in [0, 0.1) is 5.41 Å². The van der Waals surface area contributed by atoms with E-state index in [4.69, 9.17) is 4.74 Å². The van der Waals surface area contributed by atoms with Crippen molar-refractivity contribution in [2.45, 2.75) is 45.6 Å². The van der Waals surface area contributed by atoms with Gasteiger partial charge in [-0.05, 0) is 52.3 Å². The van der Waals surface area contributed by atoms with E-state index in [0.29, 0.717) is 5.57 Å². The molecule has 2 aliphatic rings. The second-order valence-corrected chi connectivity index (χ2v) is 5.82. The molecular formula is C17H23NO2. The molecule has 0 N–H and O–H groups in total. The standard InChI is InChI=1S/C17H23NO2/c1-12-10-14(16(19)20-4)15(18-3)17(2,11-12)13-8-6-5-7-9-13/h8,10-11,15H,3,5-7,9H2,1-2,4H3. The lowest BCUT2D eigenvalue weighted by Gasteiger charge is -2.39. The zero-order chi connectivity index (χ0) is 14.8. The van der Waals surface area contributed by atoms with Gasteiger partial charge in [-0.3, -0.25) is 4.99 Å². The van der Waals surface area contributed by atoms with Gasteiger partial charge < -0.3 is 4.74 Å². The minimum Gasteiger partial charge on any atom is -0.466 e. The van der Waals surface area contributed by atoms with Gasteiger partial charge in [0.15, 0.2) is 0 Å². The predicted molar refractivity (Wildman–Crippen MR) is 81.9 cm³/mol. The number of hydrogen-bond donors (Lipinski definition) is 0. The van der Waals surface area contributed by atoms with Crippen LogP contribution in [0.25, 0.3) is 0 Å². The van der Waals surface area contributed by atoms with E-state index in [0.717, 1.165) is 18.4 Å². The third-order valence-corrected chi connectivity index (χ3v) is 4.36. The van der Waals surface area contributed by atoms with Gasteiger partial charge in [0.25, 0.3) is 0 Å². The molecular weight excluding hydrogens is 250 g/mol. The van der Waals surface area contributed by atoms with Crippen molar-refractivity contribution in [2.24, 2.45) is 10.4 Å². The molecule has 2 unspecified atom stereocenters. The minimum atomic E-state index is -0.308. The first-order valence-electron chi connectivity index (χ1n) is 7.17. The van der Waals surface area contributed by atoms with Gasteiger partial charge in [0.05, 0.1) is 18.7 Å². The maximum Gasteiger partial charge on any atom is 0.335 e. The first kappa shape index (κ1) is 14.8. The van der Waals surface area contributed by atoms with E-state index in [1.165, 1.54) is 25.5 Å². The number of methoxy groups -OCH3 is 1. The number of rotatable bonds is 3. The average molecular weight is 273 g/mol. The normalized spacial score (nSPS) is 29.9. The Bertz CT molecular complexity index is 513. The van der Waals surface area contributed by atoms with Crippen LogP contribution in [-0.2, 0) is 9.53 Å². The summed E-state index contributed by atoms with van der Waals surface area (Å²) < 4.78 is 4.91. The van der Waals surface area contributed by atoms with E-state index < -0.39 is 0 Å². The first-order chi connectivity index (χ1) is 9.52. The molecule has 0 amide bonds. The number of hydrogen-bond acceptors (Lipinski definition) is 3. The maximum absolute atomic E-state index is 12.0. The molecule has 2 aliphatic carbocycles. The lowest BCUT2D eigenvalue weighted by atomic mass is 9.66. The summed E-state index contributed by atoms with van der Waals surface area (Å²) in [5, 5.41) is 0. The Morgan fingerprint density at radius 1 is 1.50 bits per heavy atom. The Balaban J connectivity index is 2.47. The van der Waals surface area contributed by atoms with Gasteiger partial charge >= 0.3 is 5.97 Å². The molecule has 0 aliphatic heterocycles. The van der Waals surface area contributed by atoms with Crippen LogP contribution in [0.2, 0.25) is 0 Å². The summed E-state index contributed by atoms with van der Waals surface area (Å²) in [6.45, 7) is 7.88. The molecule has 3 heteroatoms. The Labute approximate surface area is 121 Å². The Hall–Kier alpha value is -1.64. The van der Waals surface area contributed by atoms with Crippen LogP contribution in [0.5, 0.6) is 0 Å². The van der Waals surface area contributed by atoms with Gasteiger partial charge in [0.1, 0.15) is 0 Å². The number of ether oxygens (including phenoxy) is 1. The fourth-order valence-corrected chi connectivity index (χ4v) is 3.41. The van der Waals surface area contributed by atoms with Crippen molar-refractivity contribution in [1.82, 2.24) is 0 Å². The molecule has 0 radical (unpaired) electrons. The van der Waals surface area contributed by atoms with Gasteiger partial charge in [-0.25, -0.2) is 4.79 Å². The molecule has 0 aromatic rings. The highest BCUT2D eigenvalue weighted by Gasteiger charge is 2.42. The van der Waals surface area contributed by atoms with E-state index in [1.54, 1.807) is 0 Å². The number of carbonyl (C=O) groups excluding carboxylic acids is 1. The van der Waals surface area contributed by atoms with Crippen molar-refractivity contribution in [2.75, 3.05) is 7.11 Å². The molecule has 0 bridgehead atoms. The third-order valence-electron chi connectivity index (χ3n) is 4.36. The molecule has 2 atom stereocenters. The zero-order valence-electron chi connectivity index (χ0n) is 12.6. The Morgan fingerprint density at radius 2 is 2.25 bits per heavy atom. The summed E-state index contributed by atoms with van der Waals surface area (Å²) >= 11 is 0. The molecule has 108 valence electrons. The molecule has 3 nitrogen and oxygen atoms in total. The van der Waals surface area contributed by atoms with Gasteiger partial charge in [-0.1, -0.05) is 23.3 Å². The van der Waals surface area contributed by atoms with Crippen LogP contribution in [0.4, 0.5) is 0 Å². The Morgan fingerprint density at radius 3 is 2.80 bits per heavy atom. The molecule has 0 heterocycles. The largest absolute Gasteiger partial charge is 0.466 e. The van der Waals surface area contributed by atoms with Crippen molar-refractivity contribution in [3.05, 3.63) is 34.9 Å². The van der Waals surface area contributed by atoms with Crippen molar-refractivity contribution in [3.8, 4) is 0 Å². The van der Waals surface area contributed by atoms with E-state index in [-0.39, 0.29) is 17.4 Å². The number of nitrogens with zero attached hydrogens (tertiary/aromatic N) is 1. The summed E-state index contributed by atoms with van der Waals surface area (Å²) in [6, 6.07) is -0.261. The highest BCUT2D eigenvalue weighted by Crippen LogP contribution is 2.45. The smallest absolute Gasteiger partial charge is 0.335 e. The van der Waals surface area contributed by atoms with Crippen LogP contribution in [-0.4, -0.2) is 25.8 Å². The highest BCUT2D eigenvalue weighted by atomic mass is 16.5. The van der Waals surface area contributed by atoms with Gasteiger partial charge in [-0.2, -0.15) is 0 Å². The molecule has 0 aromatic heterocycles. The van der Waals surface area contributed by atoms with E-state index >= 15 is 0 Å². The topological polar surface area (TPSA) is 38.7 Å². The molecule has 20 heavy (non-hydrogen) atoms. The summed E-state index contributed by atoms with van der Waals surface area (Å²) in [5.74, 6) is -0.308. The van der Waals surface area contributed by atoms with Crippen molar-refractivity contribution in [3.63, 3.8) is 0 Å². The van der Waals surface area contributed by atoms with Crippen LogP contribution in [0.3, 0.4) is 0 Å². The SMILES string of the molecule is C=NC1C(C(=O)OC)=CC(C)=CC1(C)C1=CCCCC1. The summed E-state index contributed by atoms with van der Waals surface area (Å²) in [6.07, 6.45) is 11.0. The van der Waals surface area contributed by atoms with Crippen molar-refractivity contribution < 1.29 is 9.53 Å². The quantitative estimate of drug-likeness (QED) is 0.447. The second kappa shape index (κ2) is 5.78. The third kappa shape index (κ3) is 2.49. The van der Waals surface area contributed by atoms with Gasteiger partial charge in [0.2, 0.25) is 0 Å². The fourth-order valence-electron chi connectivity index (χ4n) is 3.41. The lowest BCUT2D eigenvalue weighted by molar-refractivity contribution is -0.136. The van der Waals surface area contributed by atoms with Crippen LogP contribution >= 0.6 is 0 Å². The van der Waals surface area contributed by atoms with E-state index in [9.17, 15) is 4.79 Å². The fraction of sp³-hybridized carbons (Fsp3) is 0.529. The number of esters is 1. The van der Waals surface area contributed by atoms with Gasteiger partial charge in [-0.15, -0.1) is 0 Å². The summed E-state index contributed by atoms with van der Waals surface area (Å²) in [5.41, 5.74) is 2.80. The van der Waals surface area contributed by atoms with Crippen molar-refractivity contribution in [1.29, 1.82) is 0 Å².